The smallest absolute Gasteiger partial charge is 0.207 e. The van der Waals surface area contributed by atoms with Crippen LogP contribution in [0, 0.1) is 5.41 Å². The minimum Gasteiger partial charge on any atom is -0.207 e. The summed E-state index contributed by atoms with van der Waals surface area (Å²) in [7, 11) is -3.44. The molecular formula is C15H22ClNO2S. The van der Waals surface area contributed by atoms with Crippen LogP contribution in [-0.2, 0) is 10.0 Å². The number of nitrogens with zero attached hydrogens (tertiary/aromatic N) is 1. The Hall–Kier alpha value is -0.580. The third-order valence-electron chi connectivity index (χ3n) is 3.87. The number of benzene rings is 1. The Bertz CT molecular complexity index is 561. The van der Waals surface area contributed by atoms with E-state index < -0.39 is 10.0 Å². The van der Waals surface area contributed by atoms with E-state index in [9.17, 15) is 8.42 Å². The SMILES string of the molecule is CC(C)(C)C1CCCCN1S(=O)(=O)c1ccc(Cl)cc1. The van der Waals surface area contributed by atoms with Crippen molar-refractivity contribution in [1.82, 2.24) is 4.31 Å². The molecule has 0 radical (unpaired) electrons. The molecule has 1 saturated heterocycles. The first-order valence-corrected chi connectivity index (χ1v) is 8.82. The molecule has 20 heavy (non-hydrogen) atoms. The van der Waals surface area contributed by atoms with Crippen LogP contribution in [0.2, 0.25) is 5.02 Å². The van der Waals surface area contributed by atoms with E-state index in [-0.39, 0.29) is 11.5 Å². The van der Waals surface area contributed by atoms with Gasteiger partial charge in [-0.2, -0.15) is 4.31 Å². The molecule has 0 aromatic heterocycles. The summed E-state index contributed by atoms with van der Waals surface area (Å²) >= 11 is 5.84. The van der Waals surface area contributed by atoms with E-state index in [0.717, 1.165) is 19.3 Å². The molecule has 0 N–H and O–H groups in total. The molecule has 1 unspecified atom stereocenters. The Morgan fingerprint density at radius 2 is 1.75 bits per heavy atom. The van der Waals surface area contributed by atoms with Gasteiger partial charge in [-0.3, -0.25) is 0 Å². The van der Waals surface area contributed by atoms with Gasteiger partial charge in [-0.25, -0.2) is 8.42 Å². The third-order valence-corrected chi connectivity index (χ3v) is 6.05. The maximum atomic E-state index is 12.8. The highest BCUT2D eigenvalue weighted by Gasteiger charge is 2.39. The number of sulfonamides is 1. The van der Waals surface area contributed by atoms with Gasteiger partial charge in [-0.1, -0.05) is 38.8 Å². The Labute approximate surface area is 127 Å². The van der Waals surface area contributed by atoms with Crippen molar-refractivity contribution in [3.8, 4) is 0 Å². The lowest BCUT2D eigenvalue weighted by Crippen LogP contribution is -2.49. The Morgan fingerprint density at radius 1 is 1.15 bits per heavy atom. The van der Waals surface area contributed by atoms with E-state index in [0.29, 0.717) is 16.5 Å². The summed E-state index contributed by atoms with van der Waals surface area (Å²) in [5, 5.41) is 0.551. The zero-order chi connectivity index (χ0) is 15.0. The largest absolute Gasteiger partial charge is 0.243 e. The molecule has 0 saturated carbocycles. The van der Waals surface area contributed by atoms with E-state index in [1.807, 2.05) is 0 Å². The Kier molecular flexibility index (Phi) is 4.47. The molecule has 1 heterocycles. The van der Waals surface area contributed by atoms with Crippen LogP contribution >= 0.6 is 11.6 Å². The van der Waals surface area contributed by atoms with E-state index in [1.165, 1.54) is 0 Å². The zero-order valence-corrected chi connectivity index (χ0v) is 13.8. The topological polar surface area (TPSA) is 37.4 Å². The van der Waals surface area contributed by atoms with Crippen LogP contribution in [0.5, 0.6) is 0 Å². The average molecular weight is 316 g/mol. The van der Waals surface area contributed by atoms with Gasteiger partial charge in [-0.05, 0) is 42.5 Å². The molecular weight excluding hydrogens is 294 g/mol. The number of piperidine rings is 1. The lowest BCUT2D eigenvalue weighted by molar-refractivity contribution is 0.136. The molecule has 1 aromatic rings. The van der Waals surface area contributed by atoms with Crippen LogP contribution in [-0.4, -0.2) is 25.3 Å². The fraction of sp³-hybridized carbons (Fsp3) is 0.600. The van der Waals surface area contributed by atoms with E-state index in [2.05, 4.69) is 20.8 Å². The number of hydrogen-bond donors (Lipinski definition) is 0. The van der Waals surface area contributed by atoms with Crippen molar-refractivity contribution in [3.63, 3.8) is 0 Å². The van der Waals surface area contributed by atoms with Crippen LogP contribution in [0.1, 0.15) is 40.0 Å². The fourth-order valence-electron chi connectivity index (χ4n) is 2.80. The minimum atomic E-state index is -3.44. The van der Waals surface area contributed by atoms with Gasteiger partial charge in [0, 0.05) is 17.6 Å². The van der Waals surface area contributed by atoms with Crippen molar-refractivity contribution in [1.29, 1.82) is 0 Å². The summed E-state index contributed by atoms with van der Waals surface area (Å²) in [6.07, 6.45) is 2.95. The molecule has 1 fully saturated rings. The second-order valence-corrected chi connectivity index (χ2v) is 8.77. The van der Waals surface area contributed by atoms with Crippen LogP contribution < -0.4 is 0 Å². The summed E-state index contributed by atoms with van der Waals surface area (Å²) in [5.74, 6) is 0. The lowest BCUT2D eigenvalue weighted by atomic mass is 9.82. The molecule has 1 atom stereocenters. The highest BCUT2D eigenvalue weighted by Crippen LogP contribution is 2.35. The Balaban J connectivity index is 2.38. The van der Waals surface area contributed by atoms with Gasteiger partial charge in [0.2, 0.25) is 10.0 Å². The summed E-state index contributed by atoms with van der Waals surface area (Å²) in [5.41, 5.74) is -0.0556. The molecule has 112 valence electrons. The maximum Gasteiger partial charge on any atom is 0.243 e. The van der Waals surface area contributed by atoms with Crippen LogP contribution in [0.15, 0.2) is 29.2 Å². The predicted molar refractivity (Wildman–Crippen MR) is 82.4 cm³/mol. The lowest BCUT2D eigenvalue weighted by Gasteiger charge is -2.42. The summed E-state index contributed by atoms with van der Waals surface area (Å²) < 4.78 is 27.4. The second-order valence-electron chi connectivity index (χ2n) is 6.45. The highest BCUT2D eigenvalue weighted by atomic mass is 35.5. The van der Waals surface area contributed by atoms with E-state index >= 15 is 0 Å². The van der Waals surface area contributed by atoms with E-state index in [1.54, 1.807) is 28.6 Å². The molecule has 5 heteroatoms. The van der Waals surface area contributed by atoms with Gasteiger partial charge in [0.15, 0.2) is 0 Å². The number of rotatable bonds is 2. The average Bonchev–Trinajstić information content (AvgIpc) is 2.38. The van der Waals surface area contributed by atoms with Crippen molar-refractivity contribution >= 4 is 21.6 Å². The first-order chi connectivity index (χ1) is 9.23. The normalized spacial score (nSPS) is 21.9. The van der Waals surface area contributed by atoms with Crippen molar-refractivity contribution in [3.05, 3.63) is 29.3 Å². The molecule has 0 aliphatic carbocycles. The molecule has 2 rings (SSSR count). The molecule has 3 nitrogen and oxygen atoms in total. The van der Waals surface area contributed by atoms with E-state index in [4.69, 9.17) is 11.6 Å². The molecule has 1 aliphatic rings. The predicted octanol–water partition coefficient (Wildman–Crippen LogP) is 3.93. The Morgan fingerprint density at radius 3 is 2.30 bits per heavy atom. The van der Waals surface area contributed by atoms with Gasteiger partial charge in [0.05, 0.1) is 4.90 Å². The molecule has 1 aliphatic heterocycles. The fourth-order valence-corrected chi connectivity index (χ4v) is 4.80. The molecule has 0 amide bonds. The molecule has 1 aromatic carbocycles. The quantitative estimate of drug-likeness (QED) is 0.829. The van der Waals surface area contributed by atoms with Gasteiger partial charge in [-0.15, -0.1) is 0 Å². The van der Waals surface area contributed by atoms with Gasteiger partial charge >= 0.3 is 0 Å². The van der Waals surface area contributed by atoms with Gasteiger partial charge in [0.25, 0.3) is 0 Å². The number of halogens is 1. The second kappa shape index (κ2) is 5.66. The van der Waals surface area contributed by atoms with Gasteiger partial charge in [0.1, 0.15) is 0 Å². The highest BCUT2D eigenvalue weighted by molar-refractivity contribution is 7.89. The maximum absolute atomic E-state index is 12.8. The van der Waals surface area contributed by atoms with Crippen LogP contribution in [0.25, 0.3) is 0 Å². The van der Waals surface area contributed by atoms with Crippen molar-refractivity contribution < 1.29 is 8.42 Å². The summed E-state index contributed by atoms with van der Waals surface area (Å²) in [4.78, 5) is 0.332. The van der Waals surface area contributed by atoms with Crippen LogP contribution in [0.3, 0.4) is 0 Å². The standard InChI is InChI=1S/C15H22ClNO2S/c1-15(2,3)14-6-4-5-11-17(14)20(18,19)13-9-7-12(16)8-10-13/h7-10,14H,4-6,11H2,1-3H3. The summed E-state index contributed by atoms with van der Waals surface area (Å²) in [6, 6.07) is 6.49. The van der Waals surface area contributed by atoms with Crippen molar-refractivity contribution in [2.45, 2.75) is 51.0 Å². The molecule has 0 bridgehead atoms. The first kappa shape index (κ1) is 15.8. The number of hydrogen-bond acceptors (Lipinski definition) is 2. The van der Waals surface area contributed by atoms with Crippen molar-refractivity contribution in [2.75, 3.05) is 6.54 Å². The third kappa shape index (κ3) is 3.18. The minimum absolute atomic E-state index is 0.0527. The first-order valence-electron chi connectivity index (χ1n) is 7.00. The molecule has 0 spiro atoms. The van der Waals surface area contributed by atoms with Gasteiger partial charge < -0.3 is 0 Å². The monoisotopic (exact) mass is 315 g/mol. The van der Waals surface area contributed by atoms with Crippen LogP contribution in [0.4, 0.5) is 0 Å². The van der Waals surface area contributed by atoms with Crippen molar-refractivity contribution in [2.24, 2.45) is 5.41 Å². The zero-order valence-electron chi connectivity index (χ0n) is 12.3. The summed E-state index contributed by atoms with van der Waals surface area (Å²) in [6.45, 7) is 6.92.